The molecule has 0 radical (unpaired) electrons. The van der Waals surface area contributed by atoms with E-state index in [0.717, 1.165) is 0 Å². The first kappa shape index (κ1) is 16.9. The van der Waals surface area contributed by atoms with Gasteiger partial charge in [0.2, 0.25) is 0 Å². The summed E-state index contributed by atoms with van der Waals surface area (Å²) in [6.45, 7) is 2.26. The molecule has 0 bridgehead atoms. The predicted octanol–water partition coefficient (Wildman–Crippen LogP) is 2.29. The number of ether oxygens (including phenoxy) is 1. The van der Waals surface area contributed by atoms with E-state index in [1.807, 2.05) is 30.3 Å². The zero-order chi connectivity index (χ0) is 17.8. The van der Waals surface area contributed by atoms with Crippen LogP contribution < -0.4 is 10.1 Å². The maximum atomic E-state index is 12.6. The monoisotopic (exact) mass is 356 g/mol. The Morgan fingerprint density at radius 3 is 2.64 bits per heavy atom. The van der Waals surface area contributed by atoms with Gasteiger partial charge in [-0.2, -0.15) is 0 Å². The molecule has 1 saturated heterocycles. The molecule has 1 N–H and O–H groups in total. The molecule has 1 aliphatic rings. The van der Waals surface area contributed by atoms with Gasteiger partial charge in [0.05, 0.1) is 6.54 Å². The van der Waals surface area contributed by atoms with Crippen molar-refractivity contribution in [2.75, 3.05) is 13.2 Å². The number of nitrogens with one attached hydrogen (secondary N) is 1. The minimum absolute atomic E-state index is 0.0253. The van der Waals surface area contributed by atoms with Gasteiger partial charge in [-0.3, -0.25) is 19.8 Å². The Morgan fingerprint density at radius 1 is 1.20 bits per heavy atom. The van der Waals surface area contributed by atoms with Gasteiger partial charge in [-0.05, 0) is 49.5 Å². The van der Waals surface area contributed by atoms with E-state index in [9.17, 15) is 9.59 Å². The molecule has 0 unspecified atom stereocenters. The van der Waals surface area contributed by atoms with Gasteiger partial charge < -0.3 is 9.15 Å². The van der Waals surface area contributed by atoms with Crippen LogP contribution in [0.15, 0.2) is 52.5 Å². The van der Waals surface area contributed by atoms with Crippen LogP contribution in [0.4, 0.5) is 0 Å². The Kier molecular flexibility index (Phi) is 4.95. The van der Waals surface area contributed by atoms with Gasteiger partial charge in [0.15, 0.2) is 5.11 Å². The maximum absolute atomic E-state index is 12.6. The Labute approximate surface area is 150 Å². The van der Waals surface area contributed by atoms with E-state index in [1.54, 1.807) is 19.1 Å². The summed E-state index contributed by atoms with van der Waals surface area (Å²) in [5.41, 5.74) is -0.0253. The van der Waals surface area contributed by atoms with Crippen LogP contribution in [0.3, 0.4) is 0 Å². The number of furan rings is 1. The van der Waals surface area contributed by atoms with Crippen LogP contribution in [0, 0.1) is 6.92 Å². The molecule has 0 atom stereocenters. The van der Waals surface area contributed by atoms with Crippen molar-refractivity contribution < 1.29 is 18.7 Å². The van der Waals surface area contributed by atoms with E-state index in [2.05, 4.69) is 5.32 Å². The number of carbonyl (C=O) groups excluding carboxylic acids is 2. The van der Waals surface area contributed by atoms with E-state index in [4.69, 9.17) is 21.4 Å². The summed E-state index contributed by atoms with van der Waals surface area (Å²) in [4.78, 5) is 26.0. The molecule has 2 heterocycles. The molecule has 0 saturated carbocycles. The molecule has 2 amide bonds. The number of hydrogen-bond donors (Lipinski definition) is 1. The normalized spacial score (nSPS) is 16.3. The first-order valence-corrected chi connectivity index (χ1v) is 8.08. The fourth-order valence-corrected chi connectivity index (χ4v) is 2.61. The van der Waals surface area contributed by atoms with Crippen LogP contribution in [0.1, 0.15) is 11.5 Å². The van der Waals surface area contributed by atoms with Crippen LogP contribution in [0.5, 0.6) is 5.75 Å². The molecule has 1 aromatic carbocycles. The summed E-state index contributed by atoms with van der Waals surface area (Å²) in [7, 11) is 0. The van der Waals surface area contributed by atoms with Crippen molar-refractivity contribution in [2.45, 2.75) is 6.92 Å². The first-order valence-electron chi connectivity index (χ1n) is 7.68. The number of hydrogen-bond acceptors (Lipinski definition) is 5. The predicted molar refractivity (Wildman–Crippen MR) is 95.8 cm³/mol. The minimum atomic E-state index is -0.538. The van der Waals surface area contributed by atoms with Gasteiger partial charge in [0.1, 0.15) is 29.4 Å². The van der Waals surface area contributed by atoms with Crippen molar-refractivity contribution in [3.8, 4) is 5.75 Å². The van der Waals surface area contributed by atoms with Crippen LogP contribution in [0.2, 0.25) is 0 Å². The van der Waals surface area contributed by atoms with E-state index in [-0.39, 0.29) is 23.8 Å². The van der Waals surface area contributed by atoms with Crippen molar-refractivity contribution in [2.24, 2.45) is 0 Å². The Hall–Kier alpha value is -2.93. The van der Waals surface area contributed by atoms with Crippen molar-refractivity contribution >= 4 is 35.2 Å². The highest BCUT2D eigenvalue weighted by atomic mass is 32.1. The second kappa shape index (κ2) is 7.31. The molecule has 0 spiro atoms. The average molecular weight is 356 g/mol. The molecule has 128 valence electrons. The fraction of sp³-hybridized carbons (Fsp3) is 0.167. The smallest absolute Gasteiger partial charge is 0.265 e. The number of benzene rings is 1. The van der Waals surface area contributed by atoms with Gasteiger partial charge in [0.25, 0.3) is 11.8 Å². The van der Waals surface area contributed by atoms with Gasteiger partial charge in [-0.1, -0.05) is 18.2 Å². The zero-order valence-corrected chi connectivity index (χ0v) is 14.3. The number of aryl methyl sites for hydroxylation is 1. The van der Waals surface area contributed by atoms with Crippen molar-refractivity contribution in [1.82, 2.24) is 10.2 Å². The van der Waals surface area contributed by atoms with Gasteiger partial charge >= 0.3 is 0 Å². The Balaban J connectivity index is 1.70. The summed E-state index contributed by atoms with van der Waals surface area (Å²) < 4.78 is 11.0. The number of para-hydroxylation sites is 1. The highest BCUT2D eigenvalue weighted by molar-refractivity contribution is 7.80. The minimum Gasteiger partial charge on any atom is -0.492 e. The van der Waals surface area contributed by atoms with Crippen LogP contribution in [-0.4, -0.2) is 35.0 Å². The molecule has 2 aromatic rings. The van der Waals surface area contributed by atoms with Crippen molar-refractivity contribution in [3.63, 3.8) is 0 Å². The van der Waals surface area contributed by atoms with E-state index in [1.165, 1.54) is 11.0 Å². The third kappa shape index (κ3) is 3.95. The molecule has 1 aromatic heterocycles. The first-order chi connectivity index (χ1) is 12.0. The molecule has 3 rings (SSSR count). The fourth-order valence-electron chi connectivity index (χ4n) is 2.34. The highest BCUT2D eigenvalue weighted by Gasteiger charge is 2.33. The summed E-state index contributed by atoms with van der Waals surface area (Å²) in [6, 6.07) is 12.7. The van der Waals surface area contributed by atoms with Crippen molar-refractivity contribution in [1.29, 1.82) is 0 Å². The summed E-state index contributed by atoms with van der Waals surface area (Å²) in [5, 5.41) is 2.59. The van der Waals surface area contributed by atoms with Gasteiger partial charge in [0, 0.05) is 0 Å². The number of thiocarbonyl (C=S) groups is 1. The maximum Gasteiger partial charge on any atom is 0.265 e. The highest BCUT2D eigenvalue weighted by Crippen LogP contribution is 2.16. The lowest BCUT2D eigenvalue weighted by molar-refractivity contribution is -0.129. The number of nitrogens with zero attached hydrogens (tertiary/aromatic N) is 1. The van der Waals surface area contributed by atoms with E-state index < -0.39 is 11.8 Å². The van der Waals surface area contributed by atoms with Crippen molar-refractivity contribution in [3.05, 3.63) is 59.6 Å². The SMILES string of the molecule is Cc1ccc(/C=C2\C(=O)NC(=S)N(CCOc3ccccc3)C2=O)o1. The molecule has 1 aliphatic heterocycles. The second-order valence-corrected chi connectivity index (χ2v) is 5.77. The van der Waals surface area contributed by atoms with Gasteiger partial charge in [-0.15, -0.1) is 0 Å². The number of amides is 2. The lowest BCUT2D eigenvalue weighted by Gasteiger charge is -2.28. The molecule has 25 heavy (non-hydrogen) atoms. The quantitative estimate of drug-likeness (QED) is 0.506. The standard InChI is InChI=1S/C18H16N2O4S/c1-12-7-8-14(24-12)11-15-16(21)19-18(25)20(17(15)22)9-10-23-13-5-3-2-4-6-13/h2-8,11H,9-10H2,1H3,(H,19,21,25)/b15-11+. The molecule has 0 aliphatic carbocycles. The zero-order valence-electron chi connectivity index (χ0n) is 13.5. The third-order valence-electron chi connectivity index (χ3n) is 3.56. The Morgan fingerprint density at radius 2 is 1.96 bits per heavy atom. The summed E-state index contributed by atoms with van der Waals surface area (Å²) >= 11 is 5.10. The molecule has 6 nitrogen and oxygen atoms in total. The lowest BCUT2D eigenvalue weighted by Crippen LogP contribution is -2.54. The number of rotatable bonds is 5. The average Bonchev–Trinajstić information content (AvgIpc) is 3.00. The topological polar surface area (TPSA) is 71.8 Å². The molecular formula is C18H16N2O4S. The molecule has 1 fully saturated rings. The van der Waals surface area contributed by atoms with Crippen LogP contribution in [-0.2, 0) is 9.59 Å². The third-order valence-corrected chi connectivity index (χ3v) is 3.88. The Bertz CT molecular complexity index is 842. The van der Waals surface area contributed by atoms with E-state index in [0.29, 0.717) is 17.3 Å². The molecule has 7 heteroatoms. The van der Waals surface area contributed by atoms with Crippen LogP contribution >= 0.6 is 12.2 Å². The second-order valence-electron chi connectivity index (χ2n) is 5.38. The lowest BCUT2D eigenvalue weighted by atomic mass is 10.1. The summed E-state index contributed by atoms with van der Waals surface area (Å²) in [6.07, 6.45) is 1.41. The molecular weight excluding hydrogens is 340 g/mol. The van der Waals surface area contributed by atoms with Crippen LogP contribution in [0.25, 0.3) is 6.08 Å². The largest absolute Gasteiger partial charge is 0.492 e. The van der Waals surface area contributed by atoms with Gasteiger partial charge in [-0.25, -0.2) is 0 Å². The number of carbonyl (C=O) groups is 2. The summed E-state index contributed by atoms with van der Waals surface area (Å²) in [5.74, 6) is 0.816. The van der Waals surface area contributed by atoms with E-state index >= 15 is 0 Å².